The molecule has 0 bridgehead atoms. The molecule has 0 aromatic rings. The second-order valence-electron chi connectivity index (χ2n) is 28.1. The standard InChI is InChI=1S/C82H159NO5/c1-3-5-7-9-11-13-15-17-18-19-20-21-39-42-45-48-51-54-58-62-66-70-74-80(85)79(78-84)83-81(86)75-71-67-63-59-55-52-49-46-43-40-37-35-33-31-29-27-25-23-22-24-26-28-30-32-34-36-38-41-44-47-50-53-57-61-65-69-73-77-88-82(87)76-72-68-64-60-56-16-14-12-10-8-6-4-2/h22,24,70,74,79-80,84-85H,3-21,23,25-69,71-73,75-78H2,1-2H3,(H,83,86)/b24-22-,74-70+. The van der Waals surface area contributed by atoms with E-state index in [-0.39, 0.29) is 18.5 Å². The van der Waals surface area contributed by atoms with E-state index in [1.54, 1.807) is 6.08 Å². The Labute approximate surface area is 551 Å². The molecule has 0 radical (unpaired) electrons. The predicted molar refractivity (Wildman–Crippen MR) is 389 cm³/mol. The number of hydrogen-bond acceptors (Lipinski definition) is 5. The molecule has 2 atom stereocenters. The van der Waals surface area contributed by atoms with Crippen LogP contribution in [-0.4, -0.2) is 47.4 Å². The first-order valence-electron chi connectivity index (χ1n) is 40.6. The van der Waals surface area contributed by atoms with E-state index in [1.807, 2.05) is 6.08 Å². The van der Waals surface area contributed by atoms with Gasteiger partial charge in [-0.15, -0.1) is 0 Å². The third kappa shape index (κ3) is 73.4. The number of esters is 1. The SMILES string of the molecule is CCCCCCCCCCCCCCCCCCCCCC/C=C/C(O)C(CO)NC(=O)CCCCCCCCCCCCCCCCCCC/C=C\CCCCCCCCCCCCCCCCCCOC(=O)CCCCCCCCCCCCCC. The molecule has 0 saturated carbocycles. The van der Waals surface area contributed by atoms with Crippen LogP contribution in [-0.2, 0) is 14.3 Å². The lowest BCUT2D eigenvalue weighted by Gasteiger charge is -2.20. The molecule has 3 N–H and O–H groups in total. The van der Waals surface area contributed by atoms with Crippen molar-refractivity contribution >= 4 is 11.9 Å². The highest BCUT2D eigenvalue weighted by atomic mass is 16.5. The summed E-state index contributed by atoms with van der Waals surface area (Å²) in [6.07, 6.45) is 100. The number of carbonyl (C=O) groups is 2. The summed E-state index contributed by atoms with van der Waals surface area (Å²) in [5.74, 6) is -0.0360. The molecule has 0 saturated heterocycles. The fraction of sp³-hybridized carbons (Fsp3) is 0.927. The Morgan fingerprint density at radius 3 is 0.807 bits per heavy atom. The van der Waals surface area contributed by atoms with Gasteiger partial charge in [-0.1, -0.05) is 417 Å². The zero-order chi connectivity index (χ0) is 63.5. The number of carbonyl (C=O) groups excluding carboxylic acids is 2. The molecule has 0 aliphatic carbocycles. The van der Waals surface area contributed by atoms with Gasteiger partial charge in [-0.2, -0.15) is 0 Å². The maximum absolute atomic E-state index is 12.5. The van der Waals surface area contributed by atoms with Gasteiger partial charge in [-0.3, -0.25) is 9.59 Å². The Kier molecular flexibility index (Phi) is 76.3. The highest BCUT2D eigenvalue weighted by Gasteiger charge is 2.18. The van der Waals surface area contributed by atoms with Gasteiger partial charge >= 0.3 is 5.97 Å². The molecule has 0 aliphatic rings. The van der Waals surface area contributed by atoms with Crippen LogP contribution in [0.15, 0.2) is 24.3 Å². The first-order valence-corrected chi connectivity index (χ1v) is 40.6. The molecule has 6 nitrogen and oxygen atoms in total. The van der Waals surface area contributed by atoms with Gasteiger partial charge in [0.15, 0.2) is 0 Å². The molecule has 1 amide bonds. The smallest absolute Gasteiger partial charge is 0.305 e. The van der Waals surface area contributed by atoms with E-state index in [0.717, 1.165) is 38.5 Å². The minimum atomic E-state index is -0.843. The molecular formula is C82H159NO5. The van der Waals surface area contributed by atoms with E-state index in [1.165, 1.54) is 398 Å². The molecule has 0 aromatic carbocycles. The van der Waals surface area contributed by atoms with Crippen molar-refractivity contribution in [2.75, 3.05) is 13.2 Å². The molecule has 522 valence electrons. The summed E-state index contributed by atoms with van der Waals surface area (Å²) in [6.45, 7) is 4.96. The molecule has 0 aliphatic heterocycles. The van der Waals surface area contributed by atoms with Gasteiger partial charge in [0.05, 0.1) is 25.4 Å². The highest BCUT2D eigenvalue weighted by molar-refractivity contribution is 5.76. The molecule has 2 unspecified atom stereocenters. The largest absolute Gasteiger partial charge is 0.466 e. The van der Waals surface area contributed by atoms with Gasteiger partial charge < -0.3 is 20.3 Å². The summed E-state index contributed by atoms with van der Waals surface area (Å²) in [5.41, 5.74) is 0. The van der Waals surface area contributed by atoms with Gasteiger partial charge in [-0.05, 0) is 57.8 Å². The average Bonchev–Trinajstić information content (AvgIpc) is 3.54. The maximum atomic E-state index is 12.5. The number of aliphatic hydroxyl groups excluding tert-OH is 2. The number of hydrogen-bond donors (Lipinski definition) is 3. The van der Waals surface area contributed by atoms with E-state index >= 15 is 0 Å². The first-order chi connectivity index (χ1) is 43.5. The third-order valence-corrected chi connectivity index (χ3v) is 19.2. The van der Waals surface area contributed by atoms with E-state index in [4.69, 9.17) is 4.74 Å². The number of rotatable bonds is 77. The zero-order valence-corrected chi connectivity index (χ0v) is 60.0. The summed E-state index contributed by atoms with van der Waals surface area (Å²) in [5, 5.41) is 23.3. The molecule has 0 aromatic heterocycles. The molecule has 0 fully saturated rings. The van der Waals surface area contributed by atoms with Crippen LogP contribution in [0.5, 0.6) is 0 Å². The minimum Gasteiger partial charge on any atom is -0.466 e. The highest BCUT2D eigenvalue weighted by Crippen LogP contribution is 2.20. The number of nitrogens with one attached hydrogen (secondary N) is 1. The van der Waals surface area contributed by atoms with E-state index in [0.29, 0.717) is 19.4 Å². The average molecular weight is 1240 g/mol. The first kappa shape index (κ1) is 86.3. The van der Waals surface area contributed by atoms with Crippen molar-refractivity contribution in [2.45, 2.75) is 475 Å². The maximum Gasteiger partial charge on any atom is 0.305 e. The van der Waals surface area contributed by atoms with Gasteiger partial charge in [0.1, 0.15) is 0 Å². The number of unbranched alkanes of at least 4 members (excludes halogenated alkanes) is 64. The fourth-order valence-corrected chi connectivity index (χ4v) is 13.0. The van der Waals surface area contributed by atoms with Crippen molar-refractivity contribution < 1.29 is 24.5 Å². The van der Waals surface area contributed by atoms with Crippen LogP contribution in [0.25, 0.3) is 0 Å². The van der Waals surface area contributed by atoms with Gasteiger partial charge in [-0.25, -0.2) is 0 Å². The summed E-state index contributed by atoms with van der Waals surface area (Å²) in [7, 11) is 0. The quantitative estimate of drug-likeness (QED) is 0.0320. The Hall–Kier alpha value is -1.66. The lowest BCUT2D eigenvalue weighted by atomic mass is 10.0. The summed E-state index contributed by atoms with van der Waals surface area (Å²) in [6, 6.07) is -0.626. The van der Waals surface area contributed by atoms with Gasteiger partial charge in [0.25, 0.3) is 0 Å². The summed E-state index contributed by atoms with van der Waals surface area (Å²) in [4.78, 5) is 24.6. The third-order valence-electron chi connectivity index (χ3n) is 19.2. The van der Waals surface area contributed by atoms with Crippen LogP contribution in [0.4, 0.5) is 0 Å². The van der Waals surface area contributed by atoms with Crippen molar-refractivity contribution in [1.29, 1.82) is 0 Å². The Bertz CT molecular complexity index is 1380. The van der Waals surface area contributed by atoms with E-state index in [2.05, 4.69) is 31.3 Å². The molecule has 0 spiro atoms. The van der Waals surface area contributed by atoms with Gasteiger partial charge in [0, 0.05) is 12.8 Å². The van der Waals surface area contributed by atoms with Crippen molar-refractivity contribution in [3.05, 3.63) is 24.3 Å². The molecular weight excluding hydrogens is 1080 g/mol. The summed E-state index contributed by atoms with van der Waals surface area (Å²) < 4.78 is 5.49. The van der Waals surface area contributed by atoms with Crippen LogP contribution < -0.4 is 5.32 Å². The van der Waals surface area contributed by atoms with Crippen LogP contribution in [0.1, 0.15) is 463 Å². The molecule has 88 heavy (non-hydrogen) atoms. The van der Waals surface area contributed by atoms with E-state index < -0.39 is 12.1 Å². The topological polar surface area (TPSA) is 95.9 Å². The molecule has 0 rings (SSSR count). The van der Waals surface area contributed by atoms with Crippen LogP contribution in [0.2, 0.25) is 0 Å². The second-order valence-corrected chi connectivity index (χ2v) is 28.1. The second kappa shape index (κ2) is 77.8. The molecule has 0 heterocycles. The summed E-state index contributed by atoms with van der Waals surface area (Å²) >= 11 is 0. The van der Waals surface area contributed by atoms with Crippen molar-refractivity contribution in [2.24, 2.45) is 0 Å². The van der Waals surface area contributed by atoms with Crippen molar-refractivity contribution in [3.63, 3.8) is 0 Å². The number of aliphatic hydroxyl groups is 2. The number of allylic oxidation sites excluding steroid dienone is 3. The van der Waals surface area contributed by atoms with Crippen LogP contribution in [0, 0.1) is 0 Å². The molecule has 6 heteroatoms. The number of ether oxygens (including phenoxy) is 1. The van der Waals surface area contributed by atoms with Crippen LogP contribution in [0.3, 0.4) is 0 Å². The van der Waals surface area contributed by atoms with Crippen molar-refractivity contribution in [3.8, 4) is 0 Å². The van der Waals surface area contributed by atoms with Crippen molar-refractivity contribution in [1.82, 2.24) is 5.32 Å². The normalized spacial score (nSPS) is 12.5. The zero-order valence-electron chi connectivity index (χ0n) is 60.0. The minimum absolute atomic E-state index is 0.0228. The Morgan fingerprint density at radius 1 is 0.307 bits per heavy atom. The fourth-order valence-electron chi connectivity index (χ4n) is 13.0. The monoisotopic (exact) mass is 1240 g/mol. The predicted octanol–water partition coefficient (Wildman–Crippen LogP) is 26.8. The Balaban J connectivity index is 3.35. The lowest BCUT2D eigenvalue weighted by molar-refractivity contribution is -0.143. The van der Waals surface area contributed by atoms with Gasteiger partial charge in [0.2, 0.25) is 5.91 Å². The van der Waals surface area contributed by atoms with E-state index in [9.17, 15) is 19.8 Å². The lowest BCUT2D eigenvalue weighted by Crippen LogP contribution is -2.45. The van der Waals surface area contributed by atoms with Crippen LogP contribution >= 0.6 is 0 Å². The Morgan fingerprint density at radius 2 is 0.534 bits per heavy atom. The number of amides is 1.